The number of halogens is 1. The molecule has 0 radical (unpaired) electrons. The maximum atomic E-state index is 12.6. The van der Waals surface area contributed by atoms with E-state index < -0.39 is 0 Å². The Bertz CT molecular complexity index is 700. The summed E-state index contributed by atoms with van der Waals surface area (Å²) in [6, 6.07) is 1.67. The van der Waals surface area contributed by atoms with Gasteiger partial charge in [0.2, 0.25) is 0 Å². The fourth-order valence-electron chi connectivity index (χ4n) is 2.97. The second kappa shape index (κ2) is 6.34. The van der Waals surface area contributed by atoms with Gasteiger partial charge in [0.15, 0.2) is 0 Å². The lowest BCUT2D eigenvalue weighted by molar-refractivity contribution is 0.0783. The van der Waals surface area contributed by atoms with Gasteiger partial charge in [0.05, 0.1) is 21.3 Å². The van der Waals surface area contributed by atoms with Crippen molar-refractivity contribution in [1.82, 2.24) is 14.9 Å². The Morgan fingerprint density at radius 2 is 2.36 bits per heavy atom. The van der Waals surface area contributed by atoms with Gasteiger partial charge in [-0.15, -0.1) is 11.3 Å². The number of carbonyl (C=O) groups is 1. The van der Waals surface area contributed by atoms with Gasteiger partial charge in [0, 0.05) is 36.8 Å². The molecule has 116 valence electrons. The molecule has 2 heterocycles. The Morgan fingerprint density at radius 3 is 3.14 bits per heavy atom. The Hall–Kier alpha value is -1.46. The second-order valence-corrected chi connectivity index (χ2v) is 7.37. The van der Waals surface area contributed by atoms with Crippen molar-refractivity contribution in [3.8, 4) is 0 Å². The van der Waals surface area contributed by atoms with Crippen molar-refractivity contribution in [3.63, 3.8) is 0 Å². The zero-order valence-electron chi connectivity index (χ0n) is 12.7. The van der Waals surface area contributed by atoms with Crippen molar-refractivity contribution in [1.29, 1.82) is 0 Å². The fourth-order valence-corrected chi connectivity index (χ4v) is 4.24. The fraction of sp³-hybridized carbons (Fsp3) is 0.438. The maximum Gasteiger partial charge on any atom is 0.255 e. The quantitative estimate of drug-likeness (QED) is 0.859. The molecular weight excluding hydrogens is 318 g/mol. The van der Waals surface area contributed by atoms with Crippen molar-refractivity contribution < 1.29 is 4.79 Å². The van der Waals surface area contributed by atoms with E-state index >= 15 is 0 Å². The van der Waals surface area contributed by atoms with Crippen LogP contribution in [0, 0.1) is 6.92 Å². The summed E-state index contributed by atoms with van der Waals surface area (Å²) in [5.74, 6) is 0.259. The standard InChI is InChI=1S/C16H18ClN3OS/c1-10-19-15-11(4-3-5-14(15)22-10)9-20(2)16(21)12-6-7-18-8-13(12)17/h6-8,11H,3-5,9H2,1-2H3/t11-/m1/s1. The predicted molar refractivity (Wildman–Crippen MR) is 88.7 cm³/mol. The summed E-state index contributed by atoms with van der Waals surface area (Å²) < 4.78 is 0. The number of nitrogens with zero attached hydrogens (tertiary/aromatic N) is 3. The molecule has 0 saturated carbocycles. The highest BCUT2D eigenvalue weighted by atomic mass is 35.5. The Kier molecular flexibility index (Phi) is 4.45. The lowest BCUT2D eigenvalue weighted by atomic mass is 9.90. The first-order valence-corrected chi connectivity index (χ1v) is 8.57. The van der Waals surface area contributed by atoms with Crippen LogP contribution in [0.1, 0.15) is 44.7 Å². The van der Waals surface area contributed by atoms with Crippen LogP contribution in [0.2, 0.25) is 5.02 Å². The van der Waals surface area contributed by atoms with Crippen LogP contribution in [0.15, 0.2) is 18.5 Å². The van der Waals surface area contributed by atoms with Crippen molar-refractivity contribution in [2.75, 3.05) is 13.6 Å². The zero-order valence-corrected chi connectivity index (χ0v) is 14.2. The first-order chi connectivity index (χ1) is 10.6. The summed E-state index contributed by atoms with van der Waals surface area (Å²) in [6.07, 6.45) is 6.46. The van der Waals surface area contributed by atoms with Gasteiger partial charge in [-0.25, -0.2) is 4.98 Å². The first kappa shape index (κ1) is 15.4. The van der Waals surface area contributed by atoms with E-state index in [9.17, 15) is 4.79 Å². The van der Waals surface area contributed by atoms with E-state index in [1.807, 2.05) is 14.0 Å². The van der Waals surface area contributed by atoms with Gasteiger partial charge in [0.1, 0.15) is 0 Å². The molecule has 22 heavy (non-hydrogen) atoms. The molecule has 0 bridgehead atoms. The number of pyridine rings is 1. The Labute approximate surface area is 139 Å². The molecule has 0 fully saturated rings. The third kappa shape index (κ3) is 3.01. The molecule has 4 nitrogen and oxygen atoms in total. The minimum Gasteiger partial charge on any atom is -0.341 e. The zero-order chi connectivity index (χ0) is 15.7. The number of carbonyl (C=O) groups excluding carboxylic acids is 1. The molecule has 0 spiro atoms. The highest BCUT2D eigenvalue weighted by Gasteiger charge is 2.27. The van der Waals surface area contributed by atoms with E-state index in [-0.39, 0.29) is 5.91 Å². The monoisotopic (exact) mass is 335 g/mol. The van der Waals surface area contributed by atoms with Gasteiger partial charge in [-0.3, -0.25) is 9.78 Å². The molecule has 2 aromatic heterocycles. The summed E-state index contributed by atoms with van der Waals surface area (Å²) in [4.78, 5) is 24.3. The summed E-state index contributed by atoms with van der Waals surface area (Å²) >= 11 is 7.85. The molecule has 0 aromatic carbocycles. The lowest BCUT2D eigenvalue weighted by Crippen LogP contribution is -2.32. The molecule has 1 aliphatic rings. The van der Waals surface area contributed by atoms with Gasteiger partial charge < -0.3 is 4.90 Å². The number of hydrogen-bond acceptors (Lipinski definition) is 4. The second-order valence-electron chi connectivity index (χ2n) is 5.67. The van der Waals surface area contributed by atoms with Crippen molar-refractivity contribution in [3.05, 3.63) is 44.6 Å². The first-order valence-electron chi connectivity index (χ1n) is 7.37. The largest absolute Gasteiger partial charge is 0.341 e. The molecule has 0 N–H and O–H groups in total. The molecule has 1 atom stereocenters. The van der Waals surface area contributed by atoms with Crippen LogP contribution in [-0.4, -0.2) is 34.4 Å². The molecule has 3 rings (SSSR count). The summed E-state index contributed by atoms with van der Waals surface area (Å²) in [5.41, 5.74) is 1.69. The number of fused-ring (bicyclic) bond motifs is 1. The van der Waals surface area contributed by atoms with Gasteiger partial charge in [-0.05, 0) is 32.3 Å². The van der Waals surface area contributed by atoms with Crippen LogP contribution in [0.4, 0.5) is 0 Å². The number of rotatable bonds is 3. The summed E-state index contributed by atoms with van der Waals surface area (Å²) in [6.45, 7) is 2.72. The van der Waals surface area contributed by atoms with E-state index in [1.54, 1.807) is 28.5 Å². The van der Waals surface area contributed by atoms with Crippen LogP contribution >= 0.6 is 22.9 Å². The summed E-state index contributed by atoms with van der Waals surface area (Å²) in [5, 5.41) is 1.51. The number of aryl methyl sites for hydroxylation is 2. The van der Waals surface area contributed by atoms with Crippen molar-refractivity contribution in [2.24, 2.45) is 0 Å². The molecular formula is C16H18ClN3OS. The minimum atomic E-state index is -0.0634. The molecule has 1 aliphatic carbocycles. The smallest absolute Gasteiger partial charge is 0.255 e. The van der Waals surface area contributed by atoms with Gasteiger partial charge in [-0.1, -0.05) is 11.6 Å². The molecule has 0 aliphatic heterocycles. The molecule has 0 saturated heterocycles. The Morgan fingerprint density at radius 1 is 1.55 bits per heavy atom. The maximum absolute atomic E-state index is 12.6. The van der Waals surface area contributed by atoms with E-state index in [1.165, 1.54) is 16.8 Å². The number of amides is 1. The molecule has 1 amide bonds. The average Bonchev–Trinajstić information content (AvgIpc) is 2.88. The number of likely N-dealkylation sites (N-methyl/N-ethyl adjacent to an activating group) is 1. The third-order valence-electron chi connectivity index (χ3n) is 4.02. The van der Waals surface area contributed by atoms with Crippen LogP contribution in [0.5, 0.6) is 0 Å². The molecule has 2 aromatic rings. The van der Waals surface area contributed by atoms with E-state index in [4.69, 9.17) is 11.6 Å². The van der Waals surface area contributed by atoms with Crippen LogP contribution in [0.3, 0.4) is 0 Å². The number of hydrogen-bond donors (Lipinski definition) is 0. The van der Waals surface area contributed by atoms with Gasteiger partial charge in [0.25, 0.3) is 5.91 Å². The van der Waals surface area contributed by atoms with Crippen molar-refractivity contribution in [2.45, 2.75) is 32.1 Å². The SMILES string of the molecule is Cc1nc2c(s1)CCC[C@@H]2CN(C)C(=O)c1ccncc1Cl. The van der Waals surface area contributed by atoms with E-state index in [0.717, 1.165) is 24.3 Å². The topological polar surface area (TPSA) is 46.1 Å². The van der Waals surface area contributed by atoms with Gasteiger partial charge in [-0.2, -0.15) is 0 Å². The predicted octanol–water partition coefficient (Wildman–Crippen LogP) is 3.69. The highest BCUT2D eigenvalue weighted by Crippen LogP contribution is 2.35. The normalized spacial score (nSPS) is 17.1. The number of thiazole rings is 1. The van der Waals surface area contributed by atoms with E-state index in [2.05, 4.69) is 9.97 Å². The van der Waals surface area contributed by atoms with Crippen LogP contribution in [0.25, 0.3) is 0 Å². The average molecular weight is 336 g/mol. The minimum absolute atomic E-state index is 0.0634. The van der Waals surface area contributed by atoms with Crippen LogP contribution in [-0.2, 0) is 6.42 Å². The number of aromatic nitrogens is 2. The van der Waals surface area contributed by atoms with E-state index in [0.29, 0.717) is 23.0 Å². The molecule has 0 unspecified atom stereocenters. The van der Waals surface area contributed by atoms with Gasteiger partial charge >= 0.3 is 0 Å². The highest BCUT2D eigenvalue weighted by molar-refractivity contribution is 7.11. The lowest BCUT2D eigenvalue weighted by Gasteiger charge is -2.26. The van der Waals surface area contributed by atoms with Crippen molar-refractivity contribution >= 4 is 28.8 Å². The third-order valence-corrected chi connectivity index (χ3v) is 5.37. The Balaban J connectivity index is 1.76. The van der Waals surface area contributed by atoms with Crippen LogP contribution < -0.4 is 0 Å². The summed E-state index contributed by atoms with van der Waals surface area (Å²) in [7, 11) is 1.83. The molecule has 6 heteroatoms.